The van der Waals surface area contributed by atoms with Gasteiger partial charge in [-0.25, -0.2) is 0 Å². The first-order valence-corrected chi connectivity index (χ1v) is 10.0. The predicted molar refractivity (Wildman–Crippen MR) is 117 cm³/mol. The maximum absolute atomic E-state index is 12.8. The highest BCUT2D eigenvalue weighted by Gasteiger charge is 2.25. The van der Waals surface area contributed by atoms with Crippen molar-refractivity contribution in [2.75, 3.05) is 59.5 Å². The van der Waals surface area contributed by atoms with Crippen LogP contribution in [0.25, 0.3) is 0 Å². The van der Waals surface area contributed by atoms with Crippen molar-refractivity contribution in [2.45, 2.75) is 6.42 Å². The lowest BCUT2D eigenvalue weighted by Crippen LogP contribution is -2.49. The molecule has 1 fully saturated rings. The molecule has 0 saturated carbocycles. The van der Waals surface area contributed by atoms with Gasteiger partial charge in [-0.1, -0.05) is 0 Å². The molecule has 0 aliphatic carbocycles. The van der Waals surface area contributed by atoms with Gasteiger partial charge >= 0.3 is 0 Å². The molecule has 0 radical (unpaired) electrons. The Kier molecular flexibility index (Phi) is 7.23. The number of carbonyl (C=O) groups is 2. The highest BCUT2D eigenvalue weighted by Crippen LogP contribution is 2.38. The van der Waals surface area contributed by atoms with Crippen LogP contribution in [0.2, 0.25) is 0 Å². The molecule has 1 aliphatic heterocycles. The van der Waals surface area contributed by atoms with Crippen molar-refractivity contribution >= 4 is 17.4 Å². The summed E-state index contributed by atoms with van der Waals surface area (Å²) in [6, 6.07) is 11.0. The fourth-order valence-electron chi connectivity index (χ4n) is 3.60. The smallest absolute Gasteiger partial charge is 0.230 e. The maximum Gasteiger partial charge on any atom is 0.230 e. The zero-order valence-electron chi connectivity index (χ0n) is 18.3. The summed E-state index contributed by atoms with van der Waals surface area (Å²) in [5.74, 6) is 1.50. The molecule has 1 amide bonds. The van der Waals surface area contributed by atoms with Crippen LogP contribution < -0.4 is 23.8 Å². The van der Waals surface area contributed by atoms with Crippen LogP contribution in [0.1, 0.15) is 16.8 Å². The SMILES string of the molecule is COc1ccc(N2CCN(C(=O)CC(=O)c3cc(OC)c(OC)c(OC)c3)CC2)cc1. The van der Waals surface area contributed by atoms with Crippen molar-refractivity contribution in [1.29, 1.82) is 0 Å². The number of piperazine rings is 1. The summed E-state index contributed by atoms with van der Waals surface area (Å²) in [7, 11) is 6.10. The number of Topliss-reactive ketones (excluding diaryl/α,β-unsaturated/α-hetero) is 1. The average molecular weight is 428 g/mol. The van der Waals surface area contributed by atoms with Crippen LogP contribution in [0.15, 0.2) is 36.4 Å². The Morgan fingerprint density at radius 3 is 1.87 bits per heavy atom. The van der Waals surface area contributed by atoms with Gasteiger partial charge in [0.1, 0.15) is 5.75 Å². The van der Waals surface area contributed by atoms with E-state index in [-0.39, 0.29) is 18.1 Å². The monoisotopic (exact) mass is 428 g/mol. The lowest BCUT2D eigenvalue weighted by molar-refractivity contribution is -0.130. The molecule has 0 spiro atoms. The number of nitrogens with zero attached hydrogens (tertiary/aromatic N) is 2. The molecule has 1 aliphatic rings. The minimum atomic E-state index is -0.290. The summed E-state index contributed by atoms with van der Waals surface area (Å²) < 4.78 is 21.1. The second kappa shape index (κ2) is 10.1. The number of carbonyl (C=O) groups excluding carboxylic acids is 2. The van der Waals surface area contributed by atoms with Gasteiger partial charge in [0.15, 0.2) is 17.3 Å². The Balaban J connectivity index is 1.61. The molecule has 2 aromatic carbocycles. The topological polar surface area (TPSA) is 77.5 Å². The number of methoxy groups -OCH3 is 4. The minimum Gasteiger partial charge on any atom is -0.497 e. The number of ether oxygens (including phenoxy) is 4. The number of hydrogen-bond donors (Lipinski definition) is 0. The van der Waals surface area contributed by atoms with Crippen molar-refractivity contribution in [1.82, 2.24) is 4.90 Å². The van der Waals surface area contributed by atoms with Gasteiger partial charge in [-0.2, -0.15) is 0 Å². The van der Waals surface area contributed by atoms with Crippen LogP contribution in [-0.2, 0) is 4.79 Å². The Morgan fingerprint density at radius 2 is 1.39 bits per heavy atom. The molecular weight excluding hydrogens is 400 g/mol. The molecule has 1 heterocycles. The third kappa shape index (κ3) is 5.02. The van der Waals surface area contributed by atoms with E-state index in [0.29, 0.717) is 49.0 Å². The van der Waals surface area contributed by atoms with Gasteiger partial charge in [0.25, 0.3) is 0 Å². The van der Waals surface area contributed by atoms with Crippen LogP contribution in [0.3, 0.4) is 0 Å². The van der Waals surface area contributed by atoms with Gasteiger partial charge in [-0.3, -0.25) is 9.59 Å². The standard InChI is InChI=1S/C23H28N2O6/c1-28-18-7-5-17(6-8-18)24-9-11-25(12-10-24)22(27)15-19(26)16-13-20(29-2)23(31-4)21(14-16)30-3/h5-8,13-14H,9-12,15H2,1-4H3. The molecule has 31 heavy (non-hydrogen) atoms. The van der Waals surface area contributed by atoms with Crippen LogP contribution in [0, 0.1) is 0 Å². The van der Waals surface area contributed by atoms with Crippen LogP contribution in [-0.4, -0.2) is 71.2 Å². The molecule has 2 aromatic rings. The fourth-order valence-corrected chi connectivity index (χ4v) is 3.60. The fraction of sp³-hybridized carbons (Fsp3) is 0.391. The molecular formula is C23H28N2O6. The second-order valence-electron chi connectivity index (χ2n) is 7.08. The number of rotatable bonds is 8. The van der Waals surface area contributed by atoms with Gasteiger partial charge in [0.05, 0.1) is 34.9 Å². The second-order valence-corrected chi connectivity index (χ2v) is 7.08. The molecule has 0 atom stereocenters. The normalized spacial score (nSPS) is 13.5. The predicted octanol–water partition coefficient (Wildman–Crippen LogP) is 2.64. The van der Waals surface area contributed by atoms with E-state index in [1.54, 1.807) is 24.1 Å². The molecule has 3 rings (SSSR count). The van der Waals surface area contributed by atoms with Crippen molar-refractivity contribution in [3.8, 4) is 23.0 Å². The van der Waals surface area contributed by atoms with Crippen molar-refractivity contribution < 1.29 is 28.5 Å². The highest BCUT2D eigenvalue weighted by molar-refractivity contribution is 6.08. The van der Waals surface area contributed by atoms with Gasteiger partial charge in [0.2, 0.25) is 11.7 Å². The van der Waals surface area contributed by atoms with Crippen LogP contribution in [0.5, 0.6) is 23.0 Å². The Morgan fingerprint density at radius 1 is 0.806 bits per heavy atom. The quantitative estimate of drug-likeness (QED) is 0.473. The summed E-state index contributed by atoms with van der Waals surface area (Å²) in [6.45, 7) is 2.54. The van der Waals surface area contributed by atoms with Crippen LogP contribution >= 0.6 is 0 Å². The zero-order valence-corrected chi connectivity index (χ0v) is 18.3. The summed E-state index contributed by atoms with van der Waals surface area (Å²) >= 11 is 0. The summed E-state index contributed by atoms with van der Waals surface area (Å²) in [5.41, 5.74) is 1.43. The molecule has 0 N–H and O–H groups in total. The van der Waals surface area contributed by atoms with E-state index in [1.165, 1.54) is 21.3 Å². The number of amides is 1. The van der Waals surface area contributed by atoms with Gasteiger partial charge in [-0.15, -0.1) is 0 Å². The number of hydrogen-bond acceptors (Lipinski definition) is 7. The summed E-state index contributed by atoms with van der Waals surface area (Å²) in [4.78, 5) is 29.4. The number of ketones is 1. The van der Waals surface area contributed by atoms with E-state index in [9.17, 15) is 9.59 Å². The Labute approximate surface area is 182 Å². The third-order valence-corrected chi connectivity index (χ3v) is 5.37. The van der Waals surface area contributed by atoms with Crippen molar-refractivity contribution in [2.24, 2.45) is 0 Å². The molecule has 8 heteroatoms. The van der Waals surface area contributed by atoms with Gasteiger partial charge in [-0.05, 0) is 36.4 Å². The molecule has 0 unspecified atom stereocenters. The number of benzene rings is 2. The first-order valence-electron chi connectivity index (χ1n) is 10.0. The van der Waals surface area contributed by atoms with Gasteiger partial charge in [0, 0.05) is 37.4 Å². The third-order valence-electron chi connectivity index (χ3n) is 5.37. The van der Waals surface area contributed by atoms with Crippen molar-refractivity contribution in [3.05, 3.63) is 42.0 Å². The van der Waals surface area contributed by atoms with E-state index in [4.69, 9.17) is 18.9 Å². The lowest BCUT2D eigenvalue weighted by Gasteiger charge is -2.36. The average Bonchev–Trinajstić information content (AvgIpc) is 2.83. The molecule has 166 valence electrons. The maximum atomic E-state index is 12.8. The molecule has 8 nitrogen and oxygen atoms in total. The summed E-state index contributed by atoms with van der Waals surface area (Å²) in [6.07, 6.45) is -0.207. The van der Waals surface area contributed by atoms with E-state index >= 15 is 0 Å². The van der Waals surface area contributed by atoms with E-state index in [1.807, 2.05) is 24.3 Å². The van der Waals surface area contributed by atoms with E-state index in [0.717, 1.165) is 11.4 Å². The number of anilines is 1. The minimum absolute atomic E-state index is 0.187. The van der Waals surface area contributed by atoms with Gasteiger partial charge < -0.3 is 28.7 Å². The largest absolute Gasteiger partial charge is 0.497 e. The molecule has 1 saturated heterocycles. The molecule has 0 bridgehead atoms. The zero-order chi connectivity index (χ0) is 22.4. The Bertz CT molecular complexity index is 895. The Hall–Kier alpha value is -3.42. The van der Waals surface area contributed by atoms with E-state index < -0.39 is 0 Å². The first-order chi connectivity index (χ1) is 15.0. The van der Waals surface area contributed by atoms with Crippen molar-refractivity contribution in [3.63, 3.8) is 0 Å². The first kappa shape index (κ1) is 22.3. The highest BCUT2D eigenvalue weighted by atomic mass is 16.5. The van der Waals surface area contributed by atoms with E-state index in [2.05, 4.69) is 4.90 Å². The molecule has 0 aromatic heterocycles. The van der Waals surface area contributed by atoms with Crippen LogP contribution in [0.4, 0.5) is 5.69 Å². The summed E-state index contributed by atoms with van der Waals surface area (Å²) in [5, 5.41) is 0. The lowest BCUT2D eigenvalue weighted by atomic mass is 10.1.